The molecule has 1 aliphatic rings. The minimum atomic E-state index is -4.44. The van der Waals surface area contributed by atoms with Gasteiger partial charge in [-0.3, -0.25) is 0 Å². The van der Waals surface area contributed by atoms with Crippen molar-refractivity contribution in [1.29, 1.82) is 0 Å². The molecule has 2 rings (SSSR count). The molecule has 4 nitrogen and oxygen atoms in total. The van der Waals surface area contributed by atoms with Crippen LogP contribution < -0.4 is 10.6 Å². The lowest BCUT2D eigenvalue weighted by Crippen LogP contribution is -2.42. The number of hydrogen-bond donors (Lipinski definition) is 1. The highest BCUT2D eigenvalue weighted by molar-refractivity contribution is 5.38. The van der Waals surface area contributed by atoms with Crippen LogP contribution in [0.2, 0.25) is 0 Å². The van der Waals surface area contributed by atoms with Crippen LogP contribution in [0.4, 0.5) is 19.0 Å². The summed E-state index contributed by atoms with van der Waals surface area (Å²) in [6.07, 6.45) is -2.62. The summed E-state index contributed by atoms with van der Waals surface area (Å²) in [7, 11) is 0. The van der Waals surface area contributed by atoms with E-state index < -0.39 is 11.9 Å². The lowest BCUT2D eigenvalue weighted by molar-refractivity contribution is -0.141. The first kappa shape index (κ1) is 14.0. The number of aromatic nitrogens is 2. The quantitative estimate of drug-likeness (QED) is 0.897. The van der Waals surface area contributed by atoms with Gasteiger partial charge >= 0.3 is 6.18 Å². The van der Waals surface area contributed by atoms with E-state index >= 15 is 0 Å². The van der Waals surface area contributed by atoms with Gasteiger partial charge in [-0.1, -0.05) is 6.92 Å². The summed E-state index contributed by atoms with van der Waals surface area (Å²) < 4.78 is 37.1. The fraction of sp³-hybridized carbons (Fsp3) is 0.667. The lowest BCUT2D eigenvalue weighted by Gasteiger charge is -2.39. The SMILES string of the molecule is CC1(CN)CCN(c2ccc(C(F)(F)F)nn2)CC1. The van der Waals surface area contributed by atoms with Gasteiger partial charge in [-0.15, -0.1) is 10.2 Å². The van der Waals surface area contributed by atoms with Crippen molar-refractivity contribution in [2.24, 2.45) is 11.1 Å². The van der Waals surface area contributed by atoms with Crippen LogP contribution in [0, 0.1) is 5.41 Å². The molecule has 0 saturated carbocycles. The number of hydrogen-bond acceptors (Lipinski definition) is 4. The molecule has 0 atom stereocenters. The van der Waals surface area contributed by atoms with Gasteiger partial charge < -0.3 is 10.6 Å². The van der Waals surface area contributed by atoms with Crippen molar-refractivity contribution in [3.8, 4) is 0 Å². The second kappa shape index (κ2) is 4.96. The maximum atomic E-state index is 12.4. The van der Waals surface area contributed by atoms with Gasteiger partial charge in [0.05, 0.1) is 0 Å². The van der Waals surface area contributed by atoms with Crippen LogP contribution in [0.1, 0.15) is 25.5 Å². The molecule has 1 fully saturated rings. The third-order valence-electron chi connectivity index (χ3n) is 3.73. The highest BCUT2D eigenvalue weighted by Crippen LogP contribution is 2.32. The predicted octanol–water partition coefficient (Wildman–Crippen LogP) is 2.06. The largest absolute Gasteiger partial charge is 0.435 e. The van der Waals surface area contributed by atoms with Crippen LogP contribution in [0.25, 0.3) is 0 Å². The molecule has 0 radical (unpaired) electrons. The lowest BCUT2D eigenvalue weighted by atomic mass is 9.80. The van der Waals surface area contributed by atoms with Crippen molar-refractivity contribution in [2.45, 2.75) is 25.9 Å². The molecule has 0 aromatic carbocycles. The van der Waals surface area contributed by atoms with Gasteiger partial charge in [0.1, 0.15) is 0 Å². The molecule has 106 valence electrons. The smallest absolute Gasteiger partial charge is 0.355 e. The summed E-state index contributed by atoms with van der Waals surface area (Å²) in [5, 5.41) is 6.91. The van der Waals surface area contributed by atoms with Gasteiger partial charge in [-0.2, -0.15) is 13.2 Å². The molecule has 0 amide bonds. The first-order chi connectivity index (χ1) is 8.84. The Hall–Kier alpha value is -1.37. The minimum absolute atomic E-state index is 0.121. The molecule has 0 bridgehead atoms. The number of piperidine rings is 1. The molecule has 2 heterocycles. The van der Waals surface area contributed by atoms with Gasteiger partial charge in [0.2, 0.25) is 0 Å². The molecule has 1 aromatic heterocycles. The van der Waals surface area contributed by atoms with E-state index in [1.165, 1.54) is 6.07 Å². The number of alkyl halides is 3. The fourth-order valence-corrected chi connectivity index (χ4v) is 2.12. The van der Waals surface area contributed by atoms with Crippen molar-refractivity contribution in [2.75, 3.05) is 24.5 Å². The molecule has 0 spiro atoms. The monoisotopic (exact) mass is 274 g/mol. The van der Waals surface area contributed by atoms with Crippen molar-refractivity contribution in [1.82, 2.24) is 10.2 Å². The highest BCUT2D eigenvalue weighted by atomic mass is 19.4. The predicted molar refractivity (Wildman–Crippen MR) is 65.6 cm³/mol. The normalized spacial score (nSPS) is 19.5. The first-order valence-electron chi connectivity index (χ1n) is 6.20. The number of halogens is 3. The van der Waals surface area contributed by atoms with E-state index in [2.05, 4.69) is 17.1 Å². The maximum Gasteiger partial charge on any atom is 0.435 e. The number of rotatable bonds is 2. The van der Waals surface area contributed by atoms with Crippen LogP contribution >= 0.6 is 0 Å². The fourth-order valence-electron chi connectivity index (χ4n) is 2.12. The van der Waals surface area contributed by atoms with E-state index in [0.29, 0.717) is 12.4 Å². The zero-order chi connectivity index (χ0) is 14.1. The summed E-state index contributed by atoms with van der Waals surface area (Å²) >= 11 is 0. The van der Waals surface area contributed by atoms with E-state index in [4.69, 9.17) is 5.73 Å². The van der Waals surface area contributed by atoms with E-state index in [1.54, 1.807) is 0 Å². The van der Waals surface area contributed by atoms with Crippen LogP contribution in [-0.4, -0.2) is 29.8 Å². The molecular weight excluding hydrogens is 257 g/mol. The second-order valence-electron chi connectivity index (χ2n) is 5.28. The molecule has 0 aliphatic carbocycles. The van der Waals surface area contributed by atoms with Crippen LogP contribution in [0.15, 0.2) is 12.1 Å². The Morgan fingerprint density at radius 3 is 2.32 bits per heavy atom. The minimum Gasteiger partial charge on any atom is -0.355 e. The molecule has 7 heteroatoms. The van der Waals surface area contributed by atoms with E-state index in [1.807, 2.05) is 4.90 Å². The van der Waals surface area contributed by atoms with Crippen LogP contribution in [-0.2, 0) is 6.18 Å². The van der Waals surface area contributed by atoms with E-state index in [9.17, 15) is 13.2 Å². The Morgan fingerprint density at radius 1 is 1.26 bits per heavy atom. The molecule has 1 aromatic rings. The summed E-state index contributed by atoms with van der Waals surface area (Å²) in [6, 6.07) is 2.35. The standard InChI is InChI=1S/C12H17F3N4/c1-11(8-16)4-6-19(7-5-11)10-3-2-9(17-18-10)12(13,14)15/h2-3H,4-8,16H2,1H3. The summed E-state index contributed by atoms with van der Waals surface area (Å²) in [5.74, 6) is 0.493. The molecule has 0 unspecified atom stereocenters. The Labute approximate surface area is 109 Å². The third kappa shape index (κ3) is 3.15. The third-order valence-corrected chi connectivity index (χ3v) is 3.73. The molecule has 1 aliphatic heterocycles. The molecular formula is C12H17F3N4. The van der Waals surface area contributed by atoms with E-state index in [0.717, 1.165) is 32.0 Å². The first-order valence-corrected chi connectivity index (χ1v) is 6.20. The molecule has 2 N–H and O–H groups in total. The van der Waals surface area contributed by atoms with Crippen molar-refractivity contribution >= 4 is 5.82 Å². The average Bonchev–Trinajstić information content (AvgIpc) is 2.39. The Kier molecular flexibility index (Phi) is 3.66. The molecule has 1 saturated heterocycles. The topological polar surface area (TPSA) is 55.0 Å². The van der Waals surface area contributed by atoms with Crippen LogP contribution in [0.3, 0.4) is 0 Å². The van der Waals surface area contributed by atoms with E-state index in [-0.39, 0.29) is 5.41 Å². The van der Waals surface area contributed by atoms with Gasteiger partial charge in [0.15, 0.2) is 11.5 Å². The number of nitrogens with zero attached hydrogens (tertiary/aromatic N) is 3. The maximum absolute atomic E-state index is 12.4. The van der Waals surface area contributed by atoms with Gasteiger partial charge in [0, 0.05) is 13.1 Å². The van der Waals surface area contributed by atoms with Crippen LogP contribution in [0.5, 0.6) is 0 Å². The second-order valence-corrected chi connectivity index (χ2v) is 5.28. The van der Waals surface area contributed by atoms with Gasteiger partial charge in [-0.05, 0) is 36.9 Å². The average molecular weight is 274 g/mol. The van der Waals surface area contributed by atoms with Crippen molar-refractivity contribution in [3.05, 3.63) is 17.8 Å². The Morgan fingerprint density at radius 2 is 1.89 bits per heavy atom. The van der Waals surface area contributed by atoms with Gasteiger partial charge in [-0.25, -0.2) is 0 Å². The summed E-state index contributed by atoms with van der Waals surface area (Å²) in [4.78, 5) is 1.95. The summed E-state index contributed by atoms with van der Waals surface area (Å²) in [6.45, 7) is 4.24. The number of anilines is 1. The Balaban J connectivity index is 2.04. The summed E-state index contributed by atoms with van der Waals surface area (Å²) in [5.41, 5.74) is 4.88. The zero-order valence-corrected chi connectivity index (χ0v) is 10.7. The number of nitrogens with two attached hydrogens (primary N) is 1. The zero-order valence-electron chi connectivity index (χ0n) is 10.7. The van der Waals surface area contributed by atoms with Gasteiger partial charge in [0.25, 0.3) is 0 Å². The Bertz CT molecular complexity index is 422. The highest BCUT2D eigenvalue weighted by Gasteiger charge is 2.34. The van der Waals surface area contributed by atoms with Crippen molar-refractivity contribution < 1.29 is 13.2 Å². The molecule has 19 heavy (non-hydrogen) atoms. The van der Waals surface area contributed by atoms with Crippen molar-refractivity contribution in [3.63, 3.8) is 0 Å².